The smallest absolute Gasteiger partial charge is 0.342 e. The van der Waals surface area contributed by atoms with E-state index in [0.29, 0.717) is 16.9 Å². The molecule has 0 bridgehead atoms. The summed E-state index contributed by atoms with van der Waals surface area (Å²) in [6.45, 7) is 9.66. The Hall–Kier alpha value is -2.95. The van der Waals surface area contributed by atoms with Crippen LogP contribution in [0.1, 0.15) is 41.0 Å². The van der Waals surface area contributed by atoms with Crippen LogP contribution in [0.5, 0.6) is 0 Å². The van der Waals surface area contributed by atoms with Gasteiger partial charge in [-0.2, -0.15) is 0 Å². The number of benzene rings is 1. The number of hydrogen-bond donors (Lipinski definition) is 1. The molecule has 26 heavy (non-hydrogen) atoms. The van der Waals surface area contributed by atoms with Crippen molar-refractivity contribution in [2.24, 2.45) is 0 Å². The van der Waals surface area contributed by atoms with E-state index in [-0.39, 0.29) is 6.10 Å². The van der Waals surface area contributed by atoms with Crippen molar-refractivity contribution in [2.45, 2.75) is 40.7 Å². The summed E-state index contributed by atoms with van der Waals surface area (Å²) in [4.78, 5) is 21.4. The lowest BCUT2D eigenvalue weighted by Gasteiger charge is -2.16. The van der Waals surface area contributed by atoms with Crippen LogP contribution in [0.4, 0.5) is 11.4 Å². The van der Waals surface area contributed by atoms with Crippen molar-refractivity contribution in [1.29, 1.82) is 0 Å². The molecule has 0 spiro atoms. The van der Waals surface area contributed by atoms with Gasteiger partial charge in [-0.3, -0.25) is 0 Å². The van der Waals surface area contributed by atoms with Crippen molar-refractivity contribution in [3.8, 4) is 0 Å². The van der Waals surface area contributed by atoms with E-state index in [2.05, 4.69) is 21.4 Å². The number of nitrogens with one attached hydrogen (secondary N) is 1. The summed E-state index contributed by atoms with van der Waals surface area (Å²) < 4.78 is 5.40. The predicted molar refractivity (Wildman–Crippen MR) is 104 cm³/mol. The average Bonchev–Trinajstić information content (AvgIpc) is 2.53. The first-order chi connectivity index (χ1) is 12.3. The van der Waals surface area contributed by atoms with Crippen LogP contribution >= 0.6 is 0 Å². The molecule has 2 aromatic heterocycles. The van der Waals surface area contributed by atoms with Crippen molar-refractivity contribution in [2.75, 3.05) is 5.32 Å². The minimum absolute atomic E-state index is 0.205. The molecule has 0 aliphatic rings. The molecule has 0 saturated carbocycles. The predicted octanol–water partition coefficient (Wildman–Crippen LogP) is 4.86. The summed E-state index contributed by atoms with van der Waals surface area (Å²) in [5.41, 5.74) is 5.73. The number of fused-ring (bicyclic) bond motifs is 1. The Morgan fingerprint density at radius 1 is 1.08 bits per heavy atom. The van der Waals surface area contributed by atoms with Gasteiger partial charge < -0.3 is 10.1 Å². The second-order valence-corrected chi connectivity index (χ2v) is 6.83. The van der Waals surface area contributed by atoms with Crippen LogP contribution in [0.25, 0.3) is 11.0 Å². The van der Waals surface area contributed by atoms with Crippen LogP contribution in [0.2, 0.25) is 0 Å². The zero-order valence-corrected chi connectivity index (χ0v) is 15.8. The zero-order chi connectivity index (χ0) is 18.8. The van der Waals surface area contributed by atoms with Crippen LogP contribution in [0, 0.1) is 20.8 Å². The van der Waals surface area contributed by atoms with E-state index >= 15 is 0 Å². The van der Waals surface area contributed by atoms with Crippen LogP contribution in [-0.2, 0) is 4.74 Å². The molecule has 0 aliphatic carbocycles. The summed E-state index contributed by atoms with van der Waals surface area (Å²) in [5, 5.41) is 4.18. The van der Waals surface area contributed by atoms with Crippen molar-refractivity contribution in [3.05, 3.63) is 58.9 Å². The van der Waals surface area contributed by atoms with E-state index in [0.717, 1.165) is 27.9 Å². The lowest BCUT2D eigenvalue weighted by atomic mass is 10.1. The number of pyridine rings is 2. The first-order valence-electron chi connectivity index (χ1n) is 8.66. The Morgan fingerprint density at radius 3 is 2.42 bits per heavy atom. The Kier molecular flexibility index (Phi) is 4.89. The minimum Gasteiger partial charge on any atom is -0.459 e. The highest BCUT2D eigenvalue weighted by atomic mass is 16.5. The molecule has 0 amide bonds. The maximum atomic E-state index is 12.6. The fourth-order valence-electron chi connectivity index (χ4n) is 2.93. The molecule has 0 saturated heterocycles. The molecule has 0 radical (unpaired) electrons. The lowest BCUT2D eigenvalue weighted by Crippen LogP contribution is -2.14. The molecule has 3 rings (SSSR count). The van der Waals surface area contributed by atoms with Crippen LogP contribution in [0.15, 0.2) is 36.5 Å². The molecule has 0 fully saturated rings. The molecule has 5 nitrogen and oxygen atoms in total. The highest BCUT2D eigenvalue weighted by Crippen LogP contribution is 2.30. The fourth-order valence-corrected chi connectivity index (χ4v) is 2.93. The molecule has 2 heterocycles. The molecule has 0 unspecified atom stereocenters. The molecule has 134 valence electrons. The van der Waals surface area contributed by atoms with Crippen molar-refractivity contribution in [1.82, 2.24) is 9.97 Å². The van der Waals surface area contributed by atoms with E-state index in [4.69, 9.17) is 4.74 Å². The molecule has 1 N–H and O–H groups in total. The van der Waals surface area contributed by atoms with Crippen molar-refractivity contribution >= 4 is 28.4 Å². The fraction of sp³-hybridized carbons (Fsp3) is 0.286. The third kappa shape index (κ3) is 3.82. The third-order valence-corrected chi connectivity index (χ3v) is 3.92. The highest BCUT2D eigenvalue weighted by Gasteiger charge is 2.19. The van der Waals surface area contributed by atoms with Crippen LogP contribution in [-0.4, -0.2) is 22.0 Å². The van der Waals surface area contributed by atoms with E-state index in [9.17, 15) is 4.79 Å². The molecule has 3 aromatic rings. The quantitative estimate of drug-likeness (QED) is 0.681. The molecule has 1 aromatic carbocycles. The Labute approximate surface area is 153 Å². The van der Waals surface area contributed by atoms with E-state index in [1.54, 1.807) is 0 Å². The summed E-state index contributed by atoms with van der Waals surface area (Å²) in [7, 11) is 0. The number of aryl methyl sites for hydroxylation is 3. The number of esters is 1. The van der Waals surface area contributed by atoms with E-state index in [1.807, 2.05) is 58.9 Å². The number of rotatable bonds is 4. The van der Waals surface area contributed by atoms with Crippen LogP contribution in [0.3, 0.4) is 0 Å². The zero-order valence-electron chi connectivity index (χ0n) is 15.8. The number of hydrogen-bond acceptors (Lipinski definition) is 5. The number of aromatic nitrogens is 2. The topological polar surface area (TPSA) is 64.1 Å². The van der Waals surface area contributed by atoms with Gasteiger partial charge in [0.05, 0.1) is 11.8 Å². The van der Waals surface area contributed by atoms with E-state index in [1.165, 1.54) is 6.20 Å². The maximum Gasteiger partial charge on any atom is 0.342 e. The number of carbonyl (C=O) groups excluding carboxylic acids is 1. The van der Waals surface area contributed by atoms with Gasteiger partial charge in [0.1, 0.15) is 5.56 Å². The molecule has 0 aliphatic heterocycles. The average molecular weight is 349 g/mol. The van der Waals surface area contributed by atoms with Gasteiger partial charge >= 0.3 is 5.97 Å². The normalized spacial score (nSPS) is 11.0. The standard InChI is InChI=1S/C21H23N3O2/c1-12(2)26-21(25)18-11-22-20-17(7-6-15(5)23-20)19(18)24-16-9-13(3)8-14(4)10-16/h6-12H,1-5H3,(H,22,23,24). The van der Waals surface area contributed by atoms with Crippen molar-refractivity contribution in [3.63, 3.8) is 0 Å². The van der Waals surface area contributed by atoms with E-state index < -0.39 is 5.97 Å². The largest absolute Gasteiger partial charge is 0.459 e. The van der Waals surface area contributed by atoms with Crippen molar-refractivity contribution < 1.29 is 9.53 Å². The number of anilines is 2. The second kappa shape index (κ2) is 7.12. The first kappa shape index (κ1) is 17.9. The Morgan fingerprint density at radius 2 is 1.77 bits per heavy atom. The van der Waals surface area contributed by atoms with Gasteiger partial charge in [0.15, 0.2) is 5.65 Å². The van der Waals surface area contributed by atoms with Gasteiger partial charge in [-0.25, -0.2) is 14.8 Å². The van der Waals surface area contributed by atoms with Gasteiger partial charge in [0.25, 0.3) is 0 Å². The molecular formula is C21H23N3O2. The van der Waals surface area contributed by atoms with Gasteiger partial charge in [-0.05, 0) is 70.0 Å². The highest BCUT2D eigenvalue weighted by molar-refractivity contribution is 6.05. The Balaban J connectivity index is 2.16. The Bertz CT molecular complexity index is 960. The maximum absolute atomic E-state index is 12.6. The number of nitrogens with zero attached hydrogens (tertiary/aromatic N) is 2. The summed E-state index contributed by atoms with van der Waals surface area (Å²) in [6, 6.07) is 10.0. The number of carbonyl (C=O) groups is 1. The summed E-state index contributed by atoms with van der Waals surface area (Å²) in [6.07, 6.45) is 1.33. The molecule has 0 atom stereocenters. The molecular weight excluding hydrogens is 326 g/mol. The minimum atomic E-state index is -0.401. The monoisotopic (exact) mass is 349 g/mol. The first-order valence-corrected chi connectivity index (χ1v) is 8.66. The molecule has 5 heteroatoms. The summed E-state index contributed by atoms with van der Waals surface area (Å²) in [5.74, 6) is -0.401. The van der Waals surface area contributed by atoms with Gasteiger partial charge in [0.2, 0.25) is 0 Å². The van der Waals surface area contributed by atoms with Gasteiger partial charge in [-0.15, -0.1) is 0 Å². The van der Waals surface area contributed by atoms with Gasteiger partial charge in [0, 0.05) is 23.0 Å². The summed E-state index contributed by atoms with van der Waals surface area (Å²) >= 11 is 0. The van der Waals surface area contributed by atoms with Crippen LogP contribution < -0.4 is 5.32 Å². The third-order valence-electron chi connectivity index (χ3n) is 3.92. The lowest BCUT2D eigenvalue weighted by molar-refractivity contribution is 0.0379. The number of ether oxygens (including phenoxy) is 1. The second-order valence-electron chi connectivity index (χ2n) is 6.83. The SMILES string of the molecule is Cc1cc(C)cc(Nc2c(C(=O)OC(C)C)cnc3nc(C)ccc23)c1. The van der Waals surface area contributed by atoms with Gasteiger partial charge in [-0.1, -0.05) is 6.07 Å².